The van der Waals surface area contributed by atoms with Crippen molar-refractivity contribution < 1.29 is 9.53 Å². The molecule has 1 fully saturated rings. The molecule has 0 bridgehead atoms. The number of hydrogen-bond acceptors (Lipinski definition) is 3. The maximum absolute atomic E-state index is 12.2. The van der Waals surface area contributed by atoms with Crippen LogP contribution in [0.1, 0.15) is 32.6 Å². The second-order valence-corrected chi connectivity index (χ2v) is 6.33. The van der Waals surface area contributed by atoms with Crippen LogP contribution in [0.2, 0.25) is 5.02 Å². The summed E-state index contributed by atoms with van der Waals surface area (Å²) >= 11 is 5.80. The van der Waals surface area contributed by atoms with E-state index < -0.39 is 0 Å². The van der Waals surface area contributed by atoms with Crippen LogP contribution in [0.25, 0.3) is 0 Å². The van der Waals surface area contributed by atoms with E-state index in [1.807, 2.05) is 19.1 Å². The van der Waals surface area contributed by atoms with Gasteiger partial charge in [-0.2, -0.15) is 0 Å². The molecule has 3 N–H and O–H groups in total. The average Bonchev–Trinajstić information content (AvgIpc) is 2.45. The van der Waals surface area contributed by atoms with Gasteiger partial charge >= 0.3 is 0 Å². The van der Waals surface area contributed by atoms with Gasteiger partial charge in [0.15, 0.2) is 0 Å². The number of carbonyl (C=O) groups is 1. The average molecular weight is 347 g/mol. The summed E-state index contributed by atoms with van der Waals surface area (Å²) in [5.74, 6) is 0.691. The van der Waals surface area contributed by atoms with Crippen LogP contribution in [-0.4, -0.2) is 24.6 Å². The predicted molar refractivity (Wildman–Crippen MR) is 91.8 cm³/mol. The largest absolute Gasteiger partial charge is 0.492 e. The standard InChI is InChI=1S/C16H23ClN2O2.ClH/c1-16(18)9-3-2-4-14(16)15(20)19-10-11-21-13-7-5-12(17)6-8-13;/h5-8,14H,2-4,9-11,18H2,1H3,(H,19,20);1H. The number of hydrogen-bond donors (Lipinski definition) is 2. The van der Waals surface area contributed by atoms with Gasteiger partial charge in [-0.3, -0.25) is 4.79 Å². The molecule has 0 aromatic heterocycles. The van der Waals surface area contributed by atoms with Gasteiger partial charge < -0.3 is 15.8 Å². The summed E-state index contributed by atoms with van der Waals surface area (Å²) in [4.78, 5) is 12.2. The van der Waals surface area contributed by atoms with Gasteiger partial charge in [0.2, 0.25) is 5.91 Å². The summed E-state index contributed by atoms with van der Waals surface area (Å²) in [6.07, 6.45) is 3.96. The van der Waals surface area contributed by atoms with Crippen molar-refractivity contribution in [2.24, 2.45) is 11.7 Å². The Morgan fingerprint density at radius 3 is 2.73 bits per heavy atom. The molecule has 0 heterocycles. The molecular formula is C16H24Cl2N2O2. The number of rotatable bonds is 5. The lowest BCUT2D eigenvalue weighted by atomic mass is 9.74. The van der Waals surface area contributed by atoms with Crippen LogP contribution in [0.4, 0.5) is 0 Å². The Morgan fingerprint density at radius 1 is 1.41 bits per heavy atom. The van der Waals surface area contributed by atoms with Crippen molar-refractivity contribution in [1.29, 1.82) is 0 Å². The summed E-state index contributed by atoms with van der Waals surface area (Å²) in [6, 6.07) is 7.17. The normalized spacial score (nSPS) is 24.2. The Balaban J connectivity index is 0.00000242. The van der Waals surface area contributed by atoms with Crippen molar-refractivity contribution >= 4 is 29.9 Å². The van der Waals surface area contributed by atoms with Gasteiger partial charge in [0.05, 0.1) is 12.5 Å². The lowest BCUT2D eigenvalue weighted by molar-refractivity contribution is -0.128. The van der Waals surface area contributed by atoms with Crippen molar-refractivity contribution in [1.82, 2.24) is 5.32 Å². The second-order valence-electron chi connectivity index (χ2n) is 5.90. The van der Waals surface area contributed by atoms with Crippen molar-refractivity contribution in [3.63, 3.8) is 0 Å². The number of halogens is 2. The molecule has 2 atom stereocenters. The molecule has 0 spiro atoms. The smallest absolute Gasteiger partial charge is 0.225 e. The van der Waals surface area contributed by atoms with E-state index in [1.54, 1.807) is 12.1 Å². The van der Waals surface area contributed by atoms with Crippen LogP contribution in [0.3, 0.4) is 0 Å². The monoisotopic (exact) mass is 346 g/mol. The number of ether oxygens (including phenoxy) is 1. The van der Waals surface area contributed by atoms with Gasteiger partial charge in [-0.1, -0.05) is 24.4 Å². The summed E-state index contributed by atoms with van der Waals surface area (Å²) in [5, 5.41) is 3.60. The quantitative estimate of drug-likeness (QED) is 0.804. The van der Waals surface area contributed by atoms with Crippen LogP contribution in [0.15, 0.2) is 24.3 Å². The third-order valence-corrected chi connectivity index (χ3v) is 4.31. The molecule has 124 valence electrons. The molecule has 22 heavy (non-hydrogen) atoms. The van der Waals surface area contributed by atoms with Crippen molar-refractivity contribution in [3.8, 4) is 5.75 Å². The minimum absolute atomic E-state index is 0. The molecule has 1 aromatic carbocycles. The molecular weight excluding hydrogens is 323 g/mol. The van der Waals surface area contributed by atoms with Gasteiger partial charge in [0.1, 0.15) is 12.4 Å². The first-order valence-corrected chi connectivity index (χ1v) is 7.82. The Kier molecular flexibility index (Phi) is 7.46. The van der Waals surface area contributed by atoms with Crippen molar-refractivity contribution in [3.05, 3.63) is 29.3 Å². The zero-order valence-corrected chi connectivity index (χ0v) is 14.4. The molecule has 0 aliphatic heterocycles. The van der Waals surface area contributed by atoms with Crippen LogP contribution in [0, 0.1) is 5.92 Å². The van der Waals surface area contributed by atoms with E-state index in [9.17, 15) is 4.79 Å². The van der Waals surface area contributed by atoms with Gasteiger partial charge in [-0.25, -0.2) is 0 Å². The summed E-state index contributed by atoms with van der Waals surface area (Å²) < 4.78 is 5.55. The molecule has 6 heteroatoms. The fourth-order valence-corrected chi connectivity index (χ4v) is 2.91. The molecule has 1 amide bonds. The zero-order valence-electron chi connectivity index (χ0n) is 12.8. The molecule has 2 unspecified atom stereocenters. The highest BCUT2D eigenvalue weighted by molar-refractivity contribution is 6.30. The molecule has 1 aliphatic carbocycles. The Labute approximate surface area is 143 Å². The molecule has 1 aliphatic rings. The number of carbonyl (C=O) groups excluding carboxylic acids is 1. The fraction of sp³-hybridized carbons (Fsp3) is 0.562. The SMILES string of the molecule is CC1(N)CCCCC1C(=O)NCCOc1ccc(Cl)cc1.Cl. The molecule has 0 radical (unpaired) electrons. The first kappa shape index (κ1) is 19.1. The highest BCUT2D eigenvalue weighted by atomic mass is 35.5. The molecule has 0 saturated heterocycles. The number of nitrogens with two attached hydrogens (primary N) is 1. The highest BCUT2D eigenvalue weighted by Crippen LogP contribution is 2.31. The van der Waals surface area contributed by atoms with Crippen LogP contribution in [0.5, 0.6) is 5.75 Å². The Morgan fingerprint density at radius 2 is 2.09 bits per heavy atom. The Hall–Kier alpha value is -0.970. The number of amides is 1. The lowest BCUT2D eigenvalue weighted by Gasteiger charge is -2.37. The maximum Gasteiger partial charge on any atom is 0.225 e. The van der Waals surface area contributed by atoms with Crippen molar-refractivity contribution in [2.45, 2.75) is 38.1 Å². The van der Waals surface area contributed by atoms with Crippen LogP contribution >= 0.6 is 24.0 Å². The van der Waals surface area contributed by atoms with E-state index in [4.69, 9.17) is 22.1 Å². The summed E-state index contributed by atoms with van der Waals surface area (Å²) in [6.45, 7) is 2.88. The van der Waals surface area contributed by atoms with E-state index in [2.05, 4.69) is 5.32 Å². The van der Waals surface area contributed by atoms with Crippen LogP contribution < -0.4 is 15.8 Å². The second kappa shape index (κ2) is 8.61. The number of benzene rings is 1. The molecule has 2 rings (SSSR count). The third-order valence-electron chi connectivity index (χ3n) is 4.05. The molecule has 1 aromatic rings. The number of nitrogens with one attached hydrogen (secondary N) is 1. The minimum Gasteiger partial charge on any atom is -0.492 e. The van der Waals surface area contributed by atoms with E-state index >= 15 is 0 Å². The lowest BCUT2D eigenvalue weighted by Crippen LogP contribution is -2.53. The molecule has 1 saturated carbocycles. The van der Waals surface area contributed by atoms with E-state index in [-0.39, 0.29) is 29.8 Å². The maximum atomic E-state index is 12.2. The summed E-state index contributed by atoms with van der Waals surface area (Å²) in [5.41, 5.74) is 5.84. The first-order chi connectivity index (χ1) is 9.99. The molecule has 4 nitrogen and oxygen atoms in total. The van der Waals surface area contributed by atoms with Gasteiger partial charge in [0, 0.05) is 10.6 Å². The first-order valence-electron chi connectivity index (χ1n) is 7.44. The minimum atomic E-state index is -0.390. The zero-order chi connectivity index (χ0) is 15.3. The van der Waals surface area contributed by atoms with E-state index in [0.29, 0.717) is 18.2 Å². The fourth-order valence-electron chi connectivity index (χ4n) is 2.79. The Bertz CT molecular complexity index is 478. The topological polar surface area (TPSA) is 64.4 Å². The predicted octanol–water partition coefficient (Wildman–Crippen LogP) is 3.16. The third kappa shape index (κ3) is 5.34. The van der Waals surface area contributed by atoms with Gasteiger partial charge in [-0.15, -0.1) is 12.4 Å². The highest BCUT2D eigenvalue weighted by Gasteiger charge is 2.37. The van der Waals surface area contributed by atoms with Gasteiger partial charge in [-0.05, 0) is 44.0 Å². The van der Waals surface area contributed by atoms with Crippen LogP contribution in [-0.2, 0) is 4.79 Å². The summed E-state index contributed by atoms with van der Waals surface area (Å²) in [7, 11) is 0. The van der Waals surface area contributed by atoms with E-state index in [0.717, 1.165) is 31.4 Å². The van der Waals surface area contributed by atoms with Gasteiger partial charge in [0.25, 0.3) is 0 Å². The van der Waals surface area contributed by atoms with E-state index in [1.165, 1.54) is 0 Å². The van der Waals surface area contributed by atoms with Crippen molar-refractivity contribution in [2.75, 3.05) is 13.2 Å².